The van der Waals surface area contributed by atoms with Gasteiger partial charge in [0.05, 0.1) is 0 Å². The Morgan fingerprint density at radius 3 is 2.48 bits per heavy atom. The van der Waals surface area contributed by atoms with E-state index in [9.17, 15) is 14.0 Å². The molecule has 0 unspecified atom stereocenters. The number of fused-ring (bicyclic) bond motifs is 1. The lowest BCUT2D eigenvalue weighted by atomic mass is 9.49. The molecule has 31 heavy (non-hydrogen) atoms. The highest BCUT2D eigenvalue weighted by Gasteiger charge is 2.53. The van der Waals surface area contributed by atoms with Crippen LogP contribution >= 0.6 is 0 Å². The number of imide groups is 1. The number of halogens is 1. The zero-order valence-electron chi connectivity index (χ0n) is 18.4. The maximum atomic E-state index is 14.4. The largest absolute Gasteiger partial charge is 0.323 e. The molecule has 1 aromatic rings. The van der Waals surface area contributed by atoms with Crippen LogP contribution in [0.5, 0.6) is 0 Å². The summed E-state index contributed by atoms with van der Waals surface area (Å²) in [5.74, 6) is 0.876. The zero-order chi connectivity index (χ0) is 21.8. The van der Waals surface area contributed by atoms with E-state index in [-0.39, 0.29) is 24.1 Å². The van der Waals surface area contributed by atoms with E-state index >= 15 is 0 Å². The average molecular weight is 426 g/mol. The Morgan fingerprint density at radius 1 is 1.13 bits per heavy atom. The van der Waals surface area contributed by atoms with Crippen molar-refractivity contribution in [1.29, 1.82) is 0 Å². The van der Waals surface area contributed by atoms with Crippen molar-refractivity contribution >= 4 is 11.9 Å². The number of piperidine rings is 1. The number of likely N-dealkylation sites (tertiary alicyclic amines) is 1. The van der Waals surface area contributed by atoms with Gasteiger partial charge < -0.3 is 5.32 Å². The fourth-order valence-electron chi connectivity index (χ4n) is 6.50. The second-order valence-corrected chi connectivity index (χ2v) is 10.5. The van der Waals surface area contributed by atoms with Crippen LogP contribution in [0.1, 0.15) is 45.1 Å². The minimum atomic E-state index is -1.07. The lowest BCUT2D eigenvalue weighted by Gasteiger charge is -2.57. The number of hydrogen-bond donors (Lipinski definition) is 2. The standard InChI is InChI=1S/C25H32FN3O2/c1-24(2)19-8-7-17(20(24)13-19)15-29-11-9-18(10-12-29)25(22(30)27-23(31)28-25)14-16-5-3-4-6-21(16)26/h3-7,18-20H,8-15H2,1-2H3,(H2,27,28,30,31)/t19-,20-,25-/m0/s1. The second kappa shape index (κ2) is 7.44. The molecule has 2 saturated heterocycles. The molecular formula is C25H32FN3O2. The molecule has 2 bridgehead atoms. The summed E-state index contributed by atoms with van der Waals surface area (Å²) in [5.41, 5.74) is 1.41. The van der Waals surface area contributed by atoms with Crippen LogP contribution in [-0.4, -0.2) is 42.0 Å². The maximum Gasteiger partial charge on any atom is 0.322 e. The molecule has 2 heterocycles. The number of carbonyl (C=O) groups excluding carboxylic acids is 2. The SMILES string of the molecule is CC1(C)[C@H]2CC=C(CN3CCC([C@]4(Cc5ccccc5F)NC(=O)NC4=O)CC3)[C@@H]1C2. The Balaban J connectivity index is 1.28. The van der Waals surface area contributed by atoms with Crippen molar-refractivity contribution in [3.05, 3.63) is 47.3 Å². The number of nitrogens with one attached hydrogen (secondary N) is 2. The number of benzene rings is 1. The van der Waals surface area contributed by atoms with Gasteiger partial charge in [-0.15, -0.1) is 0 Å². The topological polar surface area (TPSA) is 61.4 Å². The lowest BCUT2D eigenvalue weighted by molar-refractivity contribution is -0.126. The summed E-state index contributed by atoms with van der Waals surface area (Å²) in [6.07, 6.45) is 6.80. The monoisotopic (exact) mass is 425 g/mol. The predicted molar refractivity (Wildman–Crippen MR) is 117 cm³/mol. The van der Waals surface area contributed by atoms with Crippen LogP contribution in [0.4, 0.5) is 9.18 Å². The van der Waals surface area contributed by atoms with Gasteiger partial charge in [0, 0.05) is 13.0 Å². The van der Waals surface area contributed by atoms with Crippen LogP contribution in [0.3, 0.4) is 0 Å². The highest BCUT2D eigenvalue weighted by Crippen LogP contribution is 2.59. The summed E-state index contributed by atoms with van der Waals surface area (Å²) < 4.78 is 14.4. The molecule has 6 heteroatoms. The first-order valence-corrected chi connectivity index (χ1v) is 11.6. The van der Waals surface area contributed by atoms with Crippen molar-refractivity contribution < 1.29 is 14.0 Å². The first kappa shape index (κ1) is 20.7. The predicted octanol–water partition coefficient (Wildman–Crippen LogP) is 3.65. The van der Waals surface area contributed by atoms with Gasteiger partial charge in [-0.2, -0.15) is 0 Å². The Hall–Kier alpha value is -2.21. The Bertz CT molecular complexity index is 934. The molecular weight excluding hydrogens is 393 g/mol. The van der Waals surface area contributed by atoms with Gasteiger partial charge in [0.25, 0.3) is 5.91 Å². The van der Waals surface area contributed by atoms with E-state index in [4.69, 9.17) is 0 Å². The van der Waals surface area contributed by atoms with Crippen molar-refractivity contribution in [1.82, 2.24) is 15.5 Å². The van der Waals surface area contributed by atoms with Crippen LogP contribution in [0, 0.1) is 29.0 Å². The number of hydrogen-bond acceptors (Lipinski definition) is 3. The third kappa shape index (κ3) is 3.39. The molecule has 3 fully saturated rings. The highest BCUT2D eigenvalue weighted by atomic mass is 19.1. The van der Waals surface area contributed by atoms with Gasteiger partial charge in [-0.1, -0.05) is 43.7 Å². The third-order valence-corrected chi connectivity index (χ3v) is 8.67. The minimum absolute atomic E-state index is 0.0142. The molecule has 2 N–H and O–H groups in total. The molecule has 3 amide bonds. The summed E-state index contributed by atoms with van der Waals surface area (Å²) in [5, 5.41) is 5.29. The summed E-state index contributed by atoms with van der Waals surface area (Å²) in [7, 11) is 0. The molecule has 1 aromatic carbocycles. The number of nitrogens with zero attached hydrogens (tertiary/aromatic N) is 1. The van der Waals surface area contributed by atoms with Crippen molar-refractivity contribution in [2.24, 2.45) is 23.2 Å². The molecule has 5 nitrogen and oxygen atoms in total. The van der Waals surface area contributed by atoms with Crippen molar-refractivity contribution in [3.63, 3.8) is 0 Å². The number of allylic oxidation sites excluding steroid dienone is 1. The molecule has 2 aliphatic heterocycles. The lowest BCUT2D eigenvalue weighted by Crippen LogP contribution is -2.58. The molecule has 3 atom stereocenters. The fourth-order valence-corrected chi connectivity index (χ4v) is 6.50. The van der Waals surface area contributed by atoms with Gasteiger partial charge in [0.15, 0.2) is 0 Å². The summed E-state index contributed by atoms with van der Waals surface area (Å²) in [6.45, 7) is 7.59. The van der Waals surface area contributed by atoms with Gasteiger partial charge >= 0.3 is 6.03 Å². The van der Waals surface area contributed by atoms with E-state index in [0.29, 0.717) is 16.9 Å². The molecule has 0 aromatic heterocycles. The highest BCUT2D eigenvalue weighted by molar-refractivity contribution is 6.07. The summed E-state index contributed by atoms with van der Waals surface area (Å²) >= 11 is 0. The summed E-state index contributed by atoms with van der Waals surface area (Å²) in [4.78, 5) is 27.4. The normalized spacial score (nSPS) is 32.8. The van der Waals surface area contributed by atoms with E-state index < -0.39 is 11.6 Å². The Kier molecular flexibility index (Phi) is 4.96. The van der Waals surface area contributed by atoms with E-state index in [1.807, 2.05) is 0 Å². The smallest absolute Gasteiger partial charge is 0.322 e. The maximum absolute atomic E-state index is 14.4. The molecule has 0 radical (unpaired) electrons. The minimum Gasteiger partial charge on any atom is -0.323 e. The number of amides is 3. The van der Waals surface area contributed by atoms with Gasteiger partial charge in [-0.25, -0.2) is 9.18 Å². The van der Waals surface area contributed by atoms with E-state index in [1.54, 1.807) is 23.8 Å². The van der Waals surface area contributed by atoms with Crippen LogP contribution in [0.2, 0.25) is 0 Å². The van der Waals surface area contributed by atoms with Gasteiger partial charge in [-0.3, -0.25) is 15.0 Å². The number of rotatable bonds is 5. The zero-order valence-corrected chi connectivity index (χ0v) is 18.4. The van der Waals surface area contributed by atoms with Crippen molar-refractivity contribution in [3.8, 4) is 0 Å². The van der Waals surface area contributed by atoms with E-state index in [0.717, 1.165) is 38.4 Å². The Morgan fingerprint density at radius 2 is 1.87 bits per heavy atom. The first-order valence-electron chi connectivity index (χ1n) is 11.6. The van der Waals surface area contributed by atoms with Crippen LogP contribution < -0.4 is 10.6 Å². The molecule has 1 saturated carbocycles. The summed E-state index contributed by atoms with van der Waals surface area (Å²) in [6, 6.07) is 6.05. The molecule has 5 aliphatic rings. The van der Waals surface area contributed by atoms with E-state index in [2.05, 4.69) is 35.5 Å². The van der Waals surface area contributed by atoms with Crippen LogP contribution in [0.15, 0.2) is 35.9 Å². The van der Waals surface area contributed by atoms with Gasteiger partial charge in [-0.05, 0) is 73.6 Å². The molecule has 3 aliphatic carbocycles. The van der Waals surface area contributed by atoms with E-state index in [1.165, 1.54) is 18.9 Å². The number of carbonyl (C=O) groups is 2. The Labute approximate surface area is 183 Å². The number of urea groups is 1. The quantitative estimate of drug-likeness (QED) is 0.559. The van der Waals surface area contributed by atoms with Crippen molar-refractivity contribution in [2.75, 3.05) is 19.6 Å². The van der Waals surface area contributed by atoms with Gasteiger partial charge in [0.1, 0.15) is 11.4 Å². The second-order valence-electron chi connectivity index (χ2n) is 10.5. The average Bonchev–Trinajstić information content (AvgIpc) is 3.04. The van der Waals surface area contributed by atoms with Crippen molar-refractivity contribution in [2.45, 2.75) is 51.5 Å². The van der Waals surface area contributed by atoms with Crippen LogP contribution in [0.25, 0.3) is 0 Å². The van der Waals surface area contributed by atoms with Gasteiger partial charge in [0.2, 0.25) is 0 Å². The fraction of sp³-hybridized carbons (Fsp3) is 0.600. The first-order chi connectivity index (χ1) is 14.8. The molecule has 6 rings (SSSR count). The van der Waals surface area contributed by atoms with Crippen LogP contribution in [-0.2, 0) is 11.2 Å². The molecule has 0 spiro atoms. The third-order valence-electron chi connectivity index (χ3n) is 8.67. The molecule has 166 valence electrons.